The van der Waals surface area contributed by atoms with E-state index >= 15 is 0 Å². The minimum absolute atomic E-state index is 0.218. The van der Waals surface area contributed by atoms with E-state index in [2.05, 4.69) is 11.6 Å². The lowest BCUT2D eigenvalue weighted by Gasteiger charge is -2.11. The van der Waals surface area contributed by atoms with Crippen LogP contribution >= 0.6 is 11.6 Å². The van der Waals surface area contributed by atoms with Gasteiger partial charge < -0.3 is 4.74 Å². The summed E-state index contributed by atoms with van der Waals surface area (Å²) in [4.78, 5) is 3.68. The molecule has 0 bridgehead atoms. The lowest BCUT2D eigenvalue weighted by atomic mass is 10.2. The lowest BCUT2D eigenvalue weighted by Crippen LogP contribution is -2.06. The molecule has 2 aromatic rings. The summed E-state index contributed by atoms with van der Waals surface area (Å²) in [6.07, 6.45) is -1.97. The Bertz CT molecular complexity index is 685. The molecule has 2 nitrogen and oxygen atoms in total. The van der Waals surface area contributed by atoms with Crippen LogP contribution in [0.1, 0.15) is 11.1 Å². The van der Waals surface area contributed by atoms with Crippen molar-refractivity contribution in [2.45, 2.75) is 6.18 Å². The number of hydrogen-bond donors (Lipinski definition) is 0. The molecule has 1 aromatic carbocycles. The van der Waals surface area contributed by atoms with E-state index in [1.165, 1.54) is 18.3 Å². The monoisotopic (exact) mass is 317 g/mol. The second kappa shape index (κ2) is 5.73. The third-order valence-electron chi connectivity index (χ3n) is 2.52. The number of nitrogens with zero attached hydrogens (tertiary/aromatic N) is 1. The van der Waals surface area contributed by atoms with Crippen LogP contribution in [0.25, 0.3) is 6.08 Å². The Morgan fingerprint density at radius 2 is 1.95 bits per heavy atom. The van der Waals surface area contributed by atoms with Crippen LogP contribution in [0.2, 0.25) is 5.02 Å². The molecule has 21 heavy (non-hydrogen) atoms. The van der Waals surface area contributed by atoms with Crippen molar-refractivity contribution in [1.82, 2.24) is 4.98 Å². The van der Waals surface area contributed by atoms with Crippen LogP contribution in [0.5, 0.6) is 11.6 Å². The second-order valence-corrected chi connectivity index (χ2v) is 4.41. The third kappa shape index (κ3) is 3.52. The molecule has 0 N–H and O–H groups in total. The fourth-order valence-corrected chi connectivity index (χ4v) is 1.75. The molecule has 0 radical (unpaired) electrons. The Labute approximate surface area is 122 Å². The highest BCUT2D eigenvalue weighted by Gasteiger charge is 2.33. The van der Waals surface area contributed by atoms with Crippen LogP contribution in [-0.4, -0.2) is 4.98 Å². The molecule has 0 saturated carbocycles. The maximum atomic E-state index is 13.7. The summed E-state index contributed by atoms with van der Waals surface area (Å²) in [6, 6.07) is 4.01. The molecular weight excluding hydrogens is 310 g/mol. The van der Waals surface area contributed by atoms with Gasteiger partial charge in [0.25, 0.3) is 5.88 Å². The molecule has 0 unspecified atom stereocenters. The molecule has 0 atom stereocenters. The topological polar surface area (TPSA) is 22.1 Å². The zero-order valence-electron chi connectivity index (χ0n) is 10.4. The zero-order chi connectivity index (χ0) is 15.6. The highest BCUT2D eigenvalue weighted by Crippen LogP contribution is 2.37. The van der Waals surface area contributed by atoms with Crippen LogP contribution in [0.4, 0.5) is 17.6 Å². The van der Waals surface area contributed by atoms with Crippen molar-refractivity contribution >= 4 is 17.7 Å². The smallest absolute Gasteiger partial charge is 0.417 e. The quantitative estimate of drug-likeness (QED) is 0.714. The first-order valence-corrected chi connectivity index (χ1v) is 6.01. The number of pyridine rings is 1. The minimum Gasteiger partial charge on any atom is -0.436 e. The van der Waals surface area contributed by atoms with E-state index in [1.54, 1.807) is 0 Å². The van der Waals surface area contributed by atoms with E-state index in [0.717, 1.165) is 12.1 Å². The molecule has 1 heterocycles. The van der Waals surface area contributed by atoms with Crippen molar-refractivity contribution in [2.24, 2.45) is 0 Å². The Hall–Kier alpha value is -2.08. The predicted octanol–water partition coefficient (Wildman–Crippen LogP) is 5.33. The lowest BCUT2D eigenvalue weighted by molar-refractivity contribution is -0.137. The van der Waals surface area contributed by atoms with Crippen LogP contribution in [-0.2, 0) is 6.18 Å². The van der Waals surface area contributed by atoms with Gasteiger partial charge in [0.2, 0.25) is 0 Å². The number of aromatic nitrogens is 1. The second-order valence-electron chi connectivity index (χ2n) is 4.00. The molecule has 0 spiro atoms. The van der Waals surface area contributed by atoms with Gasteiger partial charge in [-0.3, -0.25) is 0 Å². The average Bonchev–Trinajstić information content (AvgIpc) is 2.41. The van der Waals surface area contributed by atoms with Gasteiger partial charge in [0.1, 0.15) is 5.75 Å². The Morgan fingerprint density at radius 3 is 2.52 bits per heavy atom. The summed E-state index contributed by atoms with van der Waals surface area (Å²) in [5, 5.41) is -0.467. The number of ether oxygens (including phenoxy) is 1. The van der Waals surface area contributed by atoms with Crippen molar-refractivity contribution in [3.63, 3.8) is 0 Å². The molecule has 0 aliphatic heterocycles. The van der Waals surface area contributed by atoms with E-state index in [-0.39, 0.29) is 5.75 Å². The van der Waals surface area contributed by atoms with Gasteiger partial charge >= 0.3 is 6.18 Å². The van der Waals surface area contributed by atoms with Crippen LogP contribution in [0.15, 0.2) is 37.0 Å². The highest BCUT2D eigenvalue weighted by atomic mass is 35.5. The maximum Gasteiger partial charge on any atom is 0.417 e. The van der Waals surface area contributed by atoms with Crippen molar-refractivity contribution < 1.29 is 22.3 Å². The molecule has 0 aliphatic carbocycles. The normalized spacial score (nSPS) is 11.3. The molecule has 0 saturated heterocycles. The van der Waals surface area contributed by atoms with Crippen molar-refractivity contribution in [3.8, 4) is 11.6 Å². The molecule has 7 heteroatoms. The number of rotatable bonds is 3. The summed E-state index contributed by atoms with van der Waals surface area (Å²) in [6.45, 7) is 3.45. The molecule has 0 amide bonds. The zero-order valence-corrected chi connectivity index (χ0v) is 11.2. The highest BCUT2D eigenvalue weighted by molar-refractivity contribution is 6.31. The SMILES string of the molecule is C=Cc1cnc(Oc2ccc(Cl)c(C(F)(F)F)c2)c(F)c1. The van der Waals surface area contributed by atoms with Crippen LogP contribution in [0.3, 0.4) is 0 Å². The molecular formula is C14H8ClF4NO. The van der Waals surface area contributed by atoms with Gasteiger partial charge in [-0.05, 0) is 29.8 Å². The number of benzene rings is 1. The largest absolute Gasteiger partial charge is 0.436 e. The van der Waals surface area contributed by atoms with Crippen molar-refractivity contribution in [1.29, 1.82) is 0 Å². The summed E-state index contributed by atoms with van der Waals surface area (Å²) < 4.78 is 56.8. The first-order valence-electron chi connectivity index (χ1n) is 5.64. The van der Waals surface area contributed by atoms with E-state index in [0.29, 0.717) is 11.6 Å². The first-order chi connectivity index (χ1) is 9.81. The van der Waals surface area contributed by atoms with E-state index < -0.39 is 28.5 Å². The molecule has 110 valence electrons. The summed E-state index contributed by atoms with van der Waals surface area (Å²) >= 11 is 5.48. The fraction of sp³-hybridized carbons (Fsp3) is 0.0714. The number of alkyl halides is 3. The number of halogens is 5. The minimum atomic E-state index is -4.63. The van der Waals surface area contributed by atoms with Gasteiger partial charge in [0, 0.05) is 6.20 Å². The Kier molecular flexibility index (Phi) is 4.18. The summed E-state index contributed by atoms with van der Waals surface area (Å²) in [7, 11) is 0. The molecule has 2 rings (SSSR count). The first kappa shape index (κ1) is 15.3. The maximum absolute atomic E-state index is 13.7. The van der Waals surface area contributed by atoms with Gasteiger partial charge in [-0.15, -0.1) is 0 Å². The van der Waals surface area contributed by atoms with E-state index in [1.807, 2.05) is 0 Å². The average molecular weight is 318 g/mol. The van der Waals surface area contributed by atoms with Gasteiger partial charge in [0.05, 0.1) is 10.6 Å². The fourth-order valence-electron chi connectivity index (χ4n) is 1.52. The van der Waals surface area contributed by atoms with Gasteiger partial charge in [-0.2, -0.15) is 13.2 Å². The molecule has 1 aromatic heterocycles. The molecule has 0 aliphatic rings. The van der Waals surface area contributed by atoms with E-state index in [9.17, 15) is 17.6 Å². The summed E-state index contributed by atoms with van der Waals surface area (Å²) in [5.74, 6) is -1.46. The van der Waals surface area contributed by atoms with Gasteiger partial charge in [0.15, 0.2) is 5.82 Å². The van der Waals surface area contributed by atoms with Crippen LogP contribution < -0.4 is 4.74 Å². The van der Waals surface area contributed by atoms with Crippen molar-refractivity contribution in [3.05, 3.63) is 59.0 Å². The molecule has 0 fully saturated rings. The third-order valence-corrected chi connectivity index (χ3v) is 2.85. The van der Waals surface area contributed by atoms with Gasteiger partial charge in [-0.25, -0.2) is 9.37 Å². The summed E-state index contributed by atoms with van der Waals surface area (Å²) in [5.41, 5.74) is -0.642. The van der Waals surface area contributed by atoms with Crippen molar-refractivity contribution in [2.75, 3.05) is 0 Å². The standard InChI is InChI=1S/C14H8ClF4NO/c1-2-8-5-12(16)13(20-7-8)21-9-3-4-11(15)10(6-9)14(17,18)19/h2-7H,1H2. The van der Waals surface area contributed by atoms with Crippen LogP contribution in [0, 0.1) is 5.82 Å². The Morgan fingerprint density at radius 1 is 1.24 bits per heavy atom. The predicted molar refractivity (Wildman–Crippen MR) is 70.8 cm³/mol. The van der Waals surface area contributed by atoms with Gasteiger partial charge in [-0.1, -0.05) is 24.3 Å². The number of hydrogen-bond acceptors (Lipinski definition) is 2. The Balaban J connectivity index is 2.34. The van der Waals surface area contributed by atoms with E-state index in [4.69, 9.17) is 16.3 Å².